The third kappa shape index (κ3) is 8.87. The minimum Gasteiger partial charge on any atom is -0.431 e. The molecule has 0 bridgehead atoms. The maximum Gasteiger partial charge on any atom is 0.256 e. The molecule has 1 aliphatic heterocycles. The summed E-state index contributed by atoms with van der Waals surface area (Å²) in [5, 5.41) is 10.2. The SMILES string of the molecule is O=S(=O)(NCc1cccc(-c2cccc([C@H]3O[C@@H](CSc4nc(-c5ccccc5)c(-c5ccccc5)o4)C[C@@H](c4ccc(CO)cc4)O3)c2)c1)c1ccccc1. The number of aromatic nitrogens is 1. The Bertz CT molecular complexity index is 2420. The molecule has 1 fully saturated rings. The summed E-state index contributed by atoms with van der Waals surface area (Å²) in [6.45, 7) is 0.121. The number of hydrogen-bond donors (Lipinski definition) is 2. The number of ether oxygens (including phenoxy) is 2. The van der Waals surface area contributed by atoms with Crippen molar-refractivity contribution < 1.29 is 27.4 Å². The van der Waals surface area contributed by atoms with E-state index >= 15 is 0 Å². The van der Waals surface area contributed by atoms with E-state index in [-0.39, 0.29) is 30.3 Å². The average Bonchev–Trinajstić information content (AvgIpc) is 3.70. The number of nitrogens with one attached hydrogen (secondary N) is 1. The molecular formula is C46H40N2O6S2. The van der Waals surface area contributed by atoms with E-state index < -0.39 is 16.3 Å². The lowest BCUT2D eigenvalue weighted by molar-refractivity contribution is -0.245. The first-order chi connectivity index (χ1) is 27.4. The van der Waals surface area contributed by atoms with Crippen molar-refractivity contribution in [2.45, 2.75) is 48.2 Å². The maximum absolute atomic E-state index is 12.9. The lowest BCUT2D eigenvalue weighted by Gasteiger charge is -2.36. The standard InChI is InChI=1S/C46H40N2O6S2/c49-30-32-22-24-34(25-23-32)42-28-40(31-55-46-48-43(35-13-4-1-5-14-35)44(54-46)36-15-6-2-7-16-36)52-45(53-42)39-19-11-18-38(27-39)37-17-10-12-33(26-37)29-47-56(50,51)41-20-8-3-9-21-41/h1-27,40,42,45,47,49H,28-31H2/t40-,42+,45+/m1/s1. The van der Waals surface area contributed by atoms with Crippen molar-refractivity contribution in [2.24, 2.45) is 0 Å². The molecule has 0 radical (unpaired) electrons. The molecule has 56 heavy (non-hydrogen) atoms. The summed E-state index contributed by atoms with van der Waals surface area (Å²) in [6.07, 6.45) is -0.526. The van der Waals surface area contributed by atoms with E-state index in [1.165, 1.54) is 11.8 Å². The fraction of sp³-hybridized carbons (Fsp3) is 0.152. The molecule has 1 aliphatic rings. The highest BCUT2D eigenvalue weighted by atomic mass is 32.2. The summed E-state index contributed by atoms with van der Waals surface area (Å²) < 4.78 is 48.3. The fourth-order valence-corrected chi connectivity index (χ4v) is 8.59. The number of nitrogens with zero attached hydrogens (tertiary/aromatic N) is 1. The van der Waals surface area contributed by atoms with Gasteiger partial charge in [0.05, 0.1) is 23.7 Å². The number of thioether (sulfide) groups is 1. The highest BCUT2D eigenvalue weighted by Crippen LogP contribution is 2.41. The molecule has 6 aromatic carbocycles. The Hall–Kier alpha value is -5.33. The highest BCUT2D eigenvalue weighted by molar-refractivity contribution is 7.99. The number of hydrogen-bond acceptors (Lipinski definition) is 8. The van der Waals surface area contributed by atoms with Gasteiger partial charge in [0.2, 0.25) is 10.0 Å². The Kier molecular flexibility index (Phi) is 11.6. The van der Waals surface area contributed by atoms with Crippen LogP contribution < -0.4 is 4.72 Å². The van der Waals surface area contributed by atoms with Crippen LogP contribution >= 0.6 is 11.8 Å². The van der Waals surface area contributed by atoms with Crippen molar-refractivity contribution in [3.8, 4) is 33.7 Å². The molecule has 0 saturated carbocycles. The summed E-state index contributed by atoms with van der Waals surface area (Å²) in [4.78, 5) is 5.18. The minimum absolute atomic E-state index is 0.0320. The third-order valence-corrected chi connectivity index (χ3v) is 12.0. The van der Waals surface area contributed by atoms with Gasteiger partial charge in [0.1, 0.15) is 5.69 Å². The van der Waals surface area contributed by atoms with Crippen molar-refractivity contribution in [1.29, 1.82) is 0 Å². The van der Waals surface area contributed by atoms with Crippen LogP contribution in [0.1, 0.15) is 41.1 Å². The fourth-order valence-electron chi connectivity index (χ4n) is 6.71. The first-order valence-electron chi connectivity index (χ1n) is 18.4. The number of oxazole rings is 1. The second-order valence-electron chi connectivity index (χ2n) is 13.5. The quantitative estimate of drug-likeness (QED) is 0.111. The van der Waals surface area contributed by atoms with Gasteiger partial charge in [-0.05, 0) is 52.1 Å². The van der Waals surface area contributed by atoms with Crippen LogP contribution in [0.25, 0.3) is 33.7 Å². The molecular weight excluding hydrogens is 741 g/mol. The molecule has 2 heterocycles. The Morgan fingerprint density at radius 2 is 1.30 bits per heavy atom. The van der Waals surface area contributed by atoms with Crippen LogP contribution in [0.3, 0.4) is 0 Å². The first-order valence-corrected chi connectivity index (χ1v) is 20.9. The van der Waals surface area contributed by atoms with Crippen LogP contribution in [-0.4, -0.2) is 30.4 Å². The van der Waals surface area contributed by atoms with Gasteiger partial charge in [0, 0.05) is 35.4 Å². The number of aliphatic hydroxyl groups excluding tert-OH is 1. The lowest BCUT2D eigenvalue weighted by Crippen LogP contribution is -2.31. The second-order valence-corrected chi connectivity index (χ2v) is 16.3. The van der Waals surface area contributed by atoms with E-state index in [2.05, 4.69) is 10.8 Å². The summed E-state index contributed by atoms with van der Waals surface area (Å²) in [5.41, 5.74) is 8.14. The van der Waals surface area contributed by atoms with E-state index in [1.54, 1.807) is 30.3 Å². The largest absolute Gasteiger partial charge is 0.431 e. The number of rotatable bonds is 13. The van der Waals surface area contributed by atoms with Gasteiger partial charge in [0.15, 0.2) is 12.1 Å². The van der Waals surface area contributed by atoms with Gasteiger partial charge < -0.3 is 19.0 Å². The van der Waals surface area contributed by atoms with Crippen LogP contribution in [0.2, 0.25) is 0 Å². The number of aliphatic hydroxyl groups is 1. The first kappa shape index (κ1) is 37.6. The van der Waals surface area contributed by atoms with Crippen molar-refractivity contribution in [1.82, 2.24) is 9.71 Å². The molecule has 2 N–H and O–H groups in total. The molecule has 7 aromatic rings. The van der Waals surface area contributed by atoms with Gasteiger partial charge in [-0.2, -0.15) is 0 Å². The smallest absolute Gasteiger partial charge is 0.256 e. The maximum atomic E-state index is 12.9. The molecule has 0 spiro atoms. The molecule has 0 unspecified atom stereocenters. The van der Waals surface area contributed by atoms with E-state index in [1.807, 2.05) is 127 Å². The average molecular weight is 781 g/mol. The van der Waals surface area contributed by atoms with E-state index in [0.29, 0.717) is 17.4 Å². The van der Waals surface area contributed by atoms with Gasteiger partial charge in [-0.25, -0.2) is 18.1 Å². The molecule has 8 nitrogen and oxygen atoms in total. The summed E-state index contributed by atoms with van der Waals surface area (Å²) in [6, 6.07) is 52.2. The van der Waals surface area contributed by atoms with Crippen LogP contribution in [0.15, 0.2) is 178 Å². The normalized spacial score (nSPS) is 17.1. The van der Waals surface area contributed by atoms with Crippen molar-refractivity contribution >= 4 is 21.8 Å². The van der Waals surface area contributed by atoms with Crippen LogP contribution in [0.5, 0.6) is 0 Å². The van der Waals surface area contributed by atoms with Gasteiger partial charge >= 0.3 is 0 Å². The van der Waals surface area contributed by atoms with Gasteiger partial charge in [-0.15, -0.1) is 0 Å². The van der Waals surface area contributed by atoms with Crippen LogP contribution in [0.4, 0.5) is 0 Å². The van der Waals surface area contributed by atoms with E-state index in [4.69, 9.17) is 18.9 Å². The molecule has 0 amide bonds. The predicted octanol–water partition coefficient (Wildman–Crippen LogP) is 9.98. The van der Waals surface area contributed by atoms with Crippen LogP contribution in [0, 0.1) is 0 Å². The summed E-state index contributed by atoms with van der Waals surface area (Å²) in [7, 11) is -3.65. The Labute approximate surface area is 331 Å². The molecule has 1 aromatic heterocycles. The molecule has 1 saturated heterocycles. The van der Waals surface area contributed by atoms with Crippen LogP contribution in [-0.2, 0) is 32.6 Å². The zero-order chi connectivity index (χ0) is 38.3. The number of benzene rings is 6. The lowest BCUT2D eigenvalue weighted by atomic mass is 9.99. The molecule has 3 atom stereocenters. The van der Waals surface area contributed by atoms with Crippen molar-refractivity contribution in [3.05, 3.63) is 186 Å². The molecule has 8 rings (SSSR count). The molecule has 0 aliphatic carbocycles. The summed E-state index contributed by atoms with van der Waals surface area (Å²) >= 11 is 1.52. The Balaban J connectivity index is 1.03. The minimum atomic E-state index is -3.65. The third-order valence-electron chi connectivity index (χ3n) is 9.64. The monoisotopic (exact) mass is 780 g/mol. The zero-order valence-electron chi connectivity index (χ0n) is 30.4. The molecule has 10 heteroatoms. The van der Waals surface area contributed by atoms with Gasteiger partial charge in [0.25, 0.3) is 5.22 Å². The van der Waals surface area contributed by atoms with Gasteiger partial charge in [-0.1, -0.05) is 151 Å². The highest BCUT2D eigenvalue weighted by Gasteiger charge is 2.33. The summed E-state index contributed by atoms with van der Waals surface area (Å²) in [5.74, 6) is 1.30. The van der Waals surface area contributed by atoms with E-state index in [0.717, 1.165) is 56.0 Å². The Morgan fingerprint density at radius 3 is 2.02 bits per heavy atom. The predicted molar refractivity (Wildman–Crippen MR) is 219 cm³/mol. The topological polar surface area (TPSA) is 111 Å². The van der Waals surface area contributed by atoms with Crippen molar-refractivity contribution in [3.63, 3.8) is 0 Å². The van der Waals surface area contributed by atoms with E-state index in [9.17, 15) is 13.5 Å². The number of sulfonamides is 1. The van der Waals surface area contributed by atoms with Gasteiger partial charge in [-0.3, -0.25) is 0 Å². The van der Waals surface area contributed by atoms with Crippen molar-refractivity contribution in [2.75, 3.05) is 5.75 Å². The Morgan fingerprint density at radius 1 is 0.661 bits per heavy atom. The second kappa shape index (κ2) is 17.2. The molecule has 282 valence electrons. The zero-order valence-corrected chi connectivity index (χ0v) is 32.0.